The fourth-order valence-electron chi connectivity index (χ4n) is 3.84. The van der Waals surface area contributed by atoms with E-state index in [9.17, 15) is 4.39 Å². The molecule has 0 unspecified atom stereocenters. The number of hydrogen-bond acceptors (Lipinski definition) is 5. The van der Waals surface area contributed by atoms with Gasteiger partial charge in [0.1, 0.15) is 17.0 Å². The number of H-pyrrole nitrogens is 2. The van der Waals surface area contributed by atoms with Gasteiger partial charge in [0.15, 0.2) is 11.5 Å². The molecule has 0 amide bonds. The number of benzene rings is 1. The molecule has 5 heterocycles. The van der Waals surface area contributed by atoms with E-state index in [0.717, 1.165) is 27.6 Å². The summed E-state index contributed by atoms with van der Waals surface area (Å²) in [5.74, 6) is 0.206. The molecule has 0 radical (unpaired) electrons. The van der Waals surface area contributed by atoms with Gasteiger partial charge >= 0.3 is 0 Å². The number of hydrogen-bond donors (Lipinski definition) is 2. The molecule has 5 aromatic heterocycles. The van der Waals surface area contributed by atoms with Gasteiger partial charge in [0.05, 0.1) is 18.0 Å². The van der Waals surface area contributed by atoms with Crippen molar-refractivity contribution in [3.63, 3.8) is 0 Å². The van der Waals surface area contributed by atoms with E-state index in [1.165, 1.54) is 6.07 Å². The zero-order valence-electron chi connectivity index (χ0n) is 16.3. The Kier molecular flexibility index (Phi) is 3.73. The fourth-order valence-corrected chi connectivity index (χ4v) is 3.84. The van der Waals surface area contributed by atoms with Crippen molar-refractivity contribution in [3.05, 3.63) is 72.8 Å². The van der Waals surface area contributed by atoms with Crippen LogP contribution in [0.5, 0.6) is 0 Å². The summed E-state index contributed by atoms with van der Waals surface area (Å²) in [5.41, 5.74) is 6.48. The Hall–Kier alpha value is -4.33. The molecule has 6 rings (SSSR count). The Morgan fingerprint density at radius 3 is 2.81 bits per heavy atom. The quantitative estimate of drug-likeness (QED) is 0.414. The van der Waals surface area contributed by atoms with Gasteiger partial charge < -0.3 is 9.40 Å². The Morgan fingerprint density at radius 1 is 1.03 bits per heavy atom. The van der Waals surface area contributed by atoms with Crippen LogP contribution in [0.3, 0.4) is 0 Å². The number of rotatable bonds is 3. The number of aryl methyl sites for hydroxylation is 1. The number of fused-ring (bicyclic) bond motifs is 2. The topological polar surface area (TPSA) is 96.3 Å². The highest BCUT2D eigenvalue weighted by atomic mass is 19.1. The normalized spacial score (nSPS) is 11.5. The number of nitrogens with one attached hydrogen (secondary N) is 2. The van der Waals surface area contributed by atoms with Gasteiger partial charge in [-0.15, -0.1) is 0 Å². The Morgan fingerprint density at radius 2 is 1.97 bits per heavy atom. The SMILES string of the molecule is Cc1ccncc1-c1cc2c(-c3nc4c(-c5ccoc5)ccnc4[nH]3)n[nH]c2cc1F. The molecule has 1 aromatic carbocycles. The summed E-state index contributed by atoms with van der Waals surface area (Å²) in [5, 5.41) is 8.06. The Bertz CT molecular complexity index is 1560. The maximum atomic E-state index is 14.9. The first kappa shape index (κ1) is 17.5. The van der Waals surface area contributed by atoms with Crippen molar-refractivity contribution in [1.29, 1.82) is 0 Å². The summed E-state index contributed by atoms with van der Waals surface area (Å²) in [6.45, 7) is 1.93. The summed E-state index contributed by atoms with van der Waals surface area (Å²) in [6, 6.07) is 8.85. The van der Waals surface area contributed by atoms with E-state index >= 15 is 0 Å². The minimum absolute atomic E-state index is 0.340. The molecule has 31 heavy (non-hydrogen) atoms. The first-order chi connectivity index (χ1) is 15.2. The summed E-state index contributed by atoms with van der Waals surface area (Å²) in [4.78, 5) is 16.5. The second-order valence-electron chi connectivity index (χ2n) is 7.29. The van der Waals surface area contributed by atoms with Gasteiger partial charge in [-0.1, -0.05) is 0 Å². The minimum atomic E-state index is -0.340. The minimum Gasteiger partial charge on any atom is -0.472 e. The zero-order chi connectivity index (χ0) is 20.9. The number of halogens is 1. The largest absolute Gasteiger partial charge is 0.472 e. The number of aromatic nitrogens is 6. The third kappa shape index (κ3) is 2.72. The molecular formula is C23H15FN6O. The molecule has 150 valence electrons. The maximum Gasteiger partial charge on any atom is 0.160 e. The molecular weight excluding hydrogens is 395 g/mol. The van der Waals surface area contributed by atoms with Crippen LogP contribution in [0.25, 0.3) is 55.8 Å². The van der Waals surface area contributed by atoms with Crippen LogP contribution in [0.4, 0.5) is 4.39 Å². The summed E-state index contributed by atoms with van der Waals surface area (Å²) in [6.07, 6.45) is 8.36. The standard InChI is InChI=1S/C23H15FN6O/c1-12-2-5-25-10-17(12)15-8-16-19(9-18(15)24)29-30-21(16)23-27-20-14(13-4-7-31-11-13)3-6-26-22(20)28-23/h2-11H,1H3,(H,29,30)(H,26,27,28). The molecule has 8 heteroatoms. The lowest BCUT2D eigenvalue weighted by Crippen LogP contribution is -1.90. The maximum absolute atomic E-state index is 14.9. The molecule has 2 N–H and O–H groups in total. The van der Waals surface area contributed by atoms with Crippen LogP contribution < -0.4 is 0 Å². The smallest absolute Gasteiger partial charge is 0.160 e. The van der Waals surface area contributed by atoms with Crippen LogP contribution >= 0.6 is 0 Å². The molecule has 0 atom stereocenters. The molecule has 0 spiro atoms. The lowest BCUT2D eigenvalue weighted by Gasteiger charge is -2.07. The zero-order valence-corrected chi connectivity index (χ0v) is 16.3. The van der Waals surface area contributed by atoms with E-state index in [1.54, 1.807) is 37.2 Å². The predicted molar refractivity (Wildman–Crippen MR) is 115 cm³/mol. The highest BCUT2D eigenvalue weighted by molar-refractivity contribution is 5.97. The molecule has 0 bridgehead atoms. The van der Waals surface area contributed by atoms with E-state index in [2.05, 4.69) is 25.1 Å². The van der Waals surface area contributed by atoms with Gasteiger partial charge in [-0.2, -0.15) is 5.10 Å². The van der Waals surface area contributed by atoms with Gasteiger partial charge in [-0.25, -0.2) is 14.4 Å². The van der Waals surface area contributed by atoms with Crippen LogP contribution in [-0.4, -0.2) is 30.1 Å². The molecule has 6 aromatic rings. The van der Waals surface area contributed by atoms with Crippen molar-refractivity contribution in [1.82, 2.24) is 30.1 Å². The van der Waals surface area contributed by atoms with Crippen molar-refractivity contribution in [3.8, 4) is 33.8 Å². The number of pyridine rings is 2. The molecule has 0 saturated heterocycles. The van der Waals surface area contributed by atoms with Crippen LogP contribution in [0.2, 0.25) is 0 Å². The first-order valence-corrected chi connectivity index (χ1v) is 9.65. The van der Waals surface area contributed by atoms with E-state index in [-0.39, 0.29) is 5.82 Å². The van der Waals surface area contributed by atoms with Gasteiger partial charge in [-0.3, -0.25) is 10.1 Å². The molecule has 0 aliphatic carbocycles. The second kappa shape index (κ2) is 6.60. The van der Waals surface area contributed by atoms with Crippen molar-refractivity contribution in [2.45, 2.75) is 6.92 Å². The Labute approximate surface area is 175 Å². The van der Waals surface area contributed by atoms with Gasteiger partial charge in [0, 0.05) is 52.3 Å². The van der Waals surface area contributed by atoms with E-state index in [1.807, 2.05) is 25.1 Å². The number of aromatic amines is 2. The molecule has 0 saturated carbocycles. The van der Waals surface area contributed by atoms with Crippen molar-refractivity contribution >= 4 is 22.1 Å². The highest BCUT2D eigenvalue weighted by Crippen LogP contribution is 2.34. The number of furan rings is 1. The molecule has 0 aliphatic rings. The van der Waals surface area contributed by atoms with E-state index in [4.69, 9.17) is 9.40 Å². The molecule has 7 nitrogen and oxygen atoms in total. The van der Waals surface area contributed by atoms with E-state index < -0.39 is 0 Å². The van der Waals surface area contributed by atoms with Crippen LogP contribution in [0, 0.1) is 12.7 Å². The summed E-state index contributed by atoms with van der Waals surface area (Å²) >= 11 is 0. The highest BCUT2D eigenvalue weighted by Gasteiger charge is 2.18. The van der Waals surface area contributed by atoms with Crippen molar-refractivity contribution in [2.75, 3.05) is 0 Å². The van der Waals surface area contributed by atoms with E-state index in [0.29, 0.717) is 33.8 Å². The van der Waals surface area contributed by atoms with Gasteiger partial charge in [0.25, 0.3) is 0 Å². The number of nitrogens with zero attached hydrogens (tertiary/aromatic N) is 4. The van der Waals surface area contributed by atoms with Crippen LogP contribution in [-0.2, 0) is 0 Å². The molecule has 0 aliphatic heterocycles. The first-order valence-electron chi connectivity index (χ1n) is 9.65. The van der Waals surface area contributed by atoms with Crippen molar-refractivity contribution in [2.24, 2.45) is 0 Å². The summed E-state index contributed by atoms with van der Waals surface area (Å²) < 4.78 is 20.1. The Balaban J connectivity index is 1.56. The summed E-state index contributed by atoms with van der Waals surface area (Å²) in [7, 11) is 0. The monoisotopic (exact) mass is 410 g/mol. The third-order valence-corrected chi connectivity index (χ3v) is 5.42. The van der Waals surface area contributed by atoms with Gasteiger partial charge in [-0.05, 0) is 36.8 Å². The fraction of sp³-hybridized carbons (Fsp3) is 0.0435. The van der Waals surface area contributed by atoms with Crippen molar-refractivity contribution < 1.29 is 8.81 Å². The third-order valence-electron chi connectivity index (χ3n) is 5.42. The molecule has 0 fully saturated rings. The predicted octanol–water partition coefficient (Wildman–Crippen LogP) is 5.27. The lowest BCUT2D eigenvalue weighted by molar-refractivity contribution is 0.568. The van der Waals surface area contributed by atoms with Gasteiger partial charge in [0.2, 0.25) is 0 Å². The van der Waals surface area contributed by atoms with Crippen LogP contribution in [0.1, 0.15) is 5.56 Å². The second-order valence-corrected chi connectivity index (χ2v) is 7.29. The average Bonchev–Trinajstić information content (AvgIpc) is 3.52. The van der Waals surface area contributed by atoms with Crippen LogP contribution in [0.15, 0.2) is 65.9 Å². The average molecular weight is 410 g/mol. The number of imidazole rings is 1. The lowest BCUT2D eigenvalue weighted by atomic mass is 10.00.